The molecule has 1 aliphatic heterocycles. The van der Waals surface area contributed by atoms with Gasteiger partial charge in [0.25, 0.3) is 5.91 Å². The van der Waals surface area contributed by atoms with E-state index < -0.39 is 5.91 Å². The number of carbonyl (C=O) groups excluding carboxylic acids is 1. The Morgan fingerprint density at radius 1 is 1.13 bits per heavy atom. The van der Waals surface area contributed by atoms with Crippen LogP contribution in [0.3, 0.4) is 0 Å². The highest BCUT2D eigenvalue weighted by Gasteiger charge is 2.23. The van der Waals surface area contributed by atoms with Crippen molar-refractivity contribution in [3.05, 3.63) is 61.5 Å². The number of nitrogens with two attached hydrogens (primary N) is 1. The van der Waals surface area contributed by atoms with Gasteiger partial charge in [-0.1, -0.05) is 19.8 Å². The molecule has 10 heteroatoms. The third kappa shape index (κ3) is 5.33. The minimum atomic E-state index is -0.540. The van der Waals surface area contributed by atoms with Crippen LogP contribution in [0.15, 0.2) is 43.7 Å². The van der Waals surface area contributed by atoms with Crippen molar-refractivity contribution in [1.82, 2.24) is 4.98 Å². The molecule has 4 aromatic heterocycles. The second-order valence-electron chi connectivity index (χ2n) is 10.5. The van der Waals surface area contributed by atoms with Crippen LogP contribution in [0, 0.1) is 5.92 Å². The predicted octanol–water partition coefficient (Wildman–Crippen LogP) is 5.49. The van der Waals surface area contributed by atoms with Crippen LogP contribution in [0.2, 0.25) is 0 Å². The molecule has 4 aromatic rings. The number of nitrogens with one attached hydrogen (secondary N) is 1. The second kappa shape index (κ2) is 11.1. The Morgan fingerprint density at radius 2 is 1.95 bits per heavy atom. The minimum Gasteiger partial charge on any atom is -0.439 e. The van der Waals surface area contributed by atoms with Crippen molar-refractivity contribution in [3.8, 4) is 11.1 Å². The zero-order valence-corrected chi connectivity index (χ0v) is 23.5. The Hall–Kier alpha value is -3.21. The molecule has 2 aliphatic rings. The SMILES string of the molecule is C[C@@H]1CCCC[C@@H]1Nc1cnc(C(N)=O)c(Cc2cscc2-c2csc3c(=O)cc(N4CCOCC4)oc23)c1. The number of ether oxygens (including phenoxy) is 1. The average molecular weight is 565 g/mol. The number of thiophene rings is 2. The number of hydrogen-bond acceptors (Lipinski definition) is 9. The molecule has 6 rings (SSSR count). The molecule has 0 aromatic carbocycles. The van der Waals surface area contributed by atoms with E-state index in [1.165, 1.54) is 30.6 Å². The number of aromatic nitrogens is 1. The number of fused-ring (bicyclic) bond motifs is 1. The number of rotatable bonds is 7. The summed E-state index contributed by atoms with van der Waals surface area (Å²) < 4.78 is 12.4. The third-order valence-electron chi connectivity index (χ3n) is 7.83. The summed E-state index contributed by atoms with van der Waals surface area (Å²) in [6.07, 6.45) is 7.05. The first-order valence-electron chi connectivity index (χ1n) is 13.5. The number of amides is 1. The Morgan fingerprint density at radius 3 is 2.74 bits per heavy atom. The van der Waals surface area contributed by atoms with Gasteiger partial charge in [0.1, 0.15) is 10.4 Å². The molecule has 1 saturated carbocycles. The standard InChI is InChI=1S/C29H32N4O4S2/c1-17-4-2-3-5-23(17)32-20-11-18(26(29(30)35)31-13-20)10-19-14-38-15-21(19)22-16-39-28-24(34)12-25(37-27(22)28)33-6-8-36-9-7-33/h11-17,23,32H,2-10H2,1H3,(H2,30,35)/t17-,23+/m1/s1. The highest BCUT2D eigenvalue weighted by molar-refractivity contribution is 7.17. The lowest BCUT2D eigenvalue weighted by molar-refractivity contribution is 0.0994. The number of pyridine rings is 1. The first-order valence-corrected chi connectivity index (χ1v) is 15.3. The van der Waals surface area contributed by atoms with Crippen LogP contribution in [0.4, 0.5) is 11.6 Å². The van der Waals surface area contributed by atoms with Crippen molar-refractivity contribution < 1.29 is 13.9 Å². The van der Waals surface area contributed by atoms with Crippen LogP contribution in [0.25, 0.3) is 21.4 Å². The summed E-state index contributed by atoms with van der Waals surface area (Å²) in [6.45, 7) is 4.87. The number of carbonyl (C=O) groups is 1. The zero-order valence-electron chi connectivity index (χ0n) is 21.9. The molecule has 2 atom stereocenters. The molecule has 5 heterocycles. The van der Waals surface area contributed by atoms with Gasteiger partial charge in [0, 0.05) is 48.1 Å². The lowest BCUT2D eigenvalue weighted by atomic mass is 9.86. The van der Waals surface area contributed by atoms with Gasteiger partial charge in [-0.2, -0.15) is 11.3 Å². The monoisotopic (exact) mass is 564 g/mol. The van der Waals surface area contributed by atoms with E-state index in [1.54, 1.807) is 23.6 Å². The van der Waals surface area contributed by atoms with Crippen molar-refractivity contribution in [2.75, 3.05) is 36.5 Å². The maximum absolute atomic E-state index is 13.0. The molecule has 1 amide bonds. The van der Waals surface area contributed by atoms with Gasteiger partial charge in [-0.15, -0.1) is 11.3 Å². The Bertz CT molecular complexity index is 1550. The average Bonchev–Trinajstić information content (AvgIpc) is 3.57. The lowest BCUT2D eigenvalue weighted by Crippen LogP contribution is -2.36. The highest BCUT2D eigenvalue weighted by atomic mass is 32.1. The molecule has 0 bridgehead atoms. The van der Waals surface area contributed by atoms with E-state index in [4.69, 9.17) is 14.9 Å². The molecule has 1 aliphatic carbocycles. The van der Waals surface area contributed by atoms with E-state index >= 15 is 0 Å². The molecule has 39 heavy (non-hydrogen) atoms. The van der Waals surface area contributed by atoms with Crippen LogP contribution in [0.1, 0.15) is 54.2 Å². The number of hydrogen-bond donors (Lipinski definition) is 2. The van der Waals surface area contributed by atoms with Crippen LogP contribution >= 0.6 is 22.7 Å². The maximum Gasteiger partial charge on any atom is 0.267 e. The normalized spacial score (nSPS) is 19.9. The summed E-state index contributed by atoms with van der Waals surface area (Å²) in [5, 5.41) is 9.79. The van der Waals surface area contributed by atoms with Gasteiger partial charge in [-0.3, -0.25) is 9.59 Å². The third-order valence-corrected chi connectivity index (χ3v) is 9.60. The van der Waals surface area contributed by atoms with Crippen LogP contribution in [0.5, 0.6) is 0 Å². The zero-order chi connectivity index (χ0) is 26.9. The van der Waals surface area contributed by atoms with Crippen molar-refractivity contribution in [1.29, 1.82) is 0 Å². The van der Waals surface area contributed by atoms with Gasteiger partial charge in [0.15, 0.2) is 11.5 Å². The van der Waals surface area contributed by atoms with Gasteiger partial charge in [0.05, 0.1) is 25.1 Å². The first kappa shape index (κ1) is 26.0. The molecule has 0 radical (unpaired) electrons. The van der Waals surface area contributed by atoms with Crippen LogP contribution in [-0.4, -0.2) is 43.2 Å². The molecule has 204 valence electrons. The molecule has 0 unspecified atom stereocenters. The summed E-state index contributed by atoms with van der Waals surface area (Å²) in [5.74, 6) is 0.620. The minimum absolute atomic E-state index is 0.0401. The van der Waals surface area contributed by atoms with Crippen molar-refractivity contribution >= 4 is 50.4 Å². The molecule has 1 saturated heterocycles. The van der Waals surface area contributed by atoms with Crippen LogP contribution < -0.4 is 21.4 Å². The van der Waals surface area contributed by atoms with E-state index in [0.717, 1.165) is 34.4 Å². The van der Waals surface area contributed by atoms with Gasteiger partial charge < -0.3 is 25.1 Å². The van der Waals surface area contributed by atoms with Gasteiger partial charge in [-0.05, 0) is 46.7 Å². The fraction of sp³-hybridized carbons (Fsp3) is 0.414. The van der Waals surface area contributed by atoms with E-state index in [1.807, 2.05) is 11.4 Å². The predicted molar refractivity (Wildman–Crippen MR) is 157 cm³/mol. The van der Waals surface area contributed by atoms with E-state index in [9.17, 15) is 9.59 Å². The molecule has 2 fully saturated rings. The van der Waals surface area contributed by atoms with E-state index in [0.29, 0.717) is 60.9 Å². The summed E-state index contributed by atoms with van der Waals surface area (Å²) in [7, 11) is 0. The number of primary amides is 1. The van der Waals surface area contributed by atoms with Gasteiger partial charge in [0.2, 0.25) is 5.43 Å². The molecular weight excluding hydrogens is 532 g/mol. The number of morpholine rings is 1. The highest BCUT2D eigenvalue weighted by Crippen LogP contribution is 2.39. The van der Waals surface area contributed by atoms with E-state index in [2.05, 4.69) is 32.9 Å². The molecule has 8 nitrogen and oxygen atoms in total. The summed E-state index contributed by atoms with van der Waals surface area (Å²) >= 11 is 2.98. The van der Waals surface area contributed by atoms with E-state index in [-0.39, 0.29) is 11.1 Å². The molecule has 3 N–H and O–H groups in total. The Balaban J connectivity index is 1.34. The van der Waals surface area contributed by atoms with Gasteiger partial charge in [-0.25, -0.2) is 4.98 Å². The smallest absolute Gasteiger partial charge is 0.267 e. The molecular formula is C29H32N4O4S2. The maximum atomic E-state index is 13.0. The first-order chi connectivity index (χ1) is 19.0. The summed E-state index contributed by atoms with van der Waals surface area (Å²) in [6, 6.07) is 3.99. The van der Waals surface area contributed by atoms with Crippen molar-refractivity contribution in [3.63, 3.8) is 0 Å². The largest absolute Gasteiger partial charge is 0.439 e. The Labute approximate surface area is 234 Å². The molecule has 0 spiro atoms. The number of nitrogens with zero attached hydrogens (tertiary/aromatic N) is 2. The topological polar surface area (TPSA) is 111 Å². The van der Waals surface area contributed by atoms with Crippen molar-refractivity contribution in [2.45, 2.75) is 45.1 Å². The lowest BCUT2D eigenvalue weighted by Gasteiger charge is -2.30. The quantitative estimate of drug-likeness (QED) is 0.305. The summed E-state index contributed by atoms with van der Waals surface area (Å²) in [4.78, 5) is 31.8. The second-order valence-corrected chi connectivity index (χ2v) is 12.1. The Kier molecular flexibility index (Phi) is 7.42. The fourth-order valence-corrected chi connectivity index (χ4v) is 7.41. The number of anilines is 2. The van der Waals surface area contributed by atoms with Crippen LogP contribution in [-0.2, 0) is 11.2 Å². The summed E-state index contributed by atoms with van der Waals surface area (Å²) in [5.41, 5.74) is 11.2. The fourth-order valence-electron chi connectivity index (χ4n) is 5.65. The van der Waals surface area contributed by atoms with Crippen molar-refractivity contribution in [2.24, 2.45) is 11.7 Å². The van der Waals surface area contributed by atoms with Gasteiger partial charge >= 0.3 is 0 Å².